The van der Waals surface area contributed by atoms with Gasteiger partial charge in [-0.05, 0) is 35.9 Å². The summed E-state index contributed by atoms with van der Waals surface area (Å²) in [7, 11) is 0. The number of aromatic amines is 1. The van der Waals surface area contributed by atoms with Crippen LogP contribution in [0.3, 0.4) is 0 Å². The van der Waals surface area contributed by atoms with E-state index < -0.39 is 12.1 Å². The van der Waals surface area contributed by atoms with Crippen LogP contribution in [-0.4, -0.2) is 23.0 Å². The molecule has 1 aromatic heterocycles. The minimum Gasteiger partial charge on any atom is -0.361 e. The van der Waals surface area contributed by atoms with Crippen LogP contribution >= 0.6 is 11.6 Å². The van der Waals surface area contributed by atoms with Gasteiger partial charge in [-0.1, -0.05) is 23.7 Å². The average molecular weight is 358 g/mol. The highest BCUT2D eigenvalue weighted by molar-refractivity contribution is 6.35. The maximum atomic E-state index is 13.3. The number of carbonyl (C=O) groups is 2. The molecule has 0 radical (unpaired) electrons. The molecule has 3 aromatic rings. The summed E-state index contributed by atoms with van der Waals surface area (Å²) < 4.78 is 13.3. The van der Waals surface area contributed by atoms with Gasteiger partial charge >= 0.3 is 6.03 Å². The second-order valence-corrected chi connectivity index (χ2v) is 6.24. The Kier molecular flexibility index (Phi) is 3.69. The van der Waals surface area contributed by atoms with Crippen molar-refractivity contribution >= 4 is 40.1 Å². The number of halogens is 2. The number of urea groups is 1. The molecule has 5 nitrogen and oxygen atoms in total. The summed E-state index contributed by atoms with van der Waals surface area (Å²) in [4.78, 5) is 29.0. The number of hydrogen-bond acceptors (Lipinski definition) is 2. The number of amides is 3. The lowest BCUT2D eigenvalue weighted by Gasteiger charge is -2.14. The average Bonchev–Trinajstić information content (AvgIpc) is 3.10. The molecule has 1 aliphatic rings. The van der Waals surface area contributed by atoms with E-state index >= 15 is 0 Å². The second-order valence-electron chi connectivity index (χ2n) is 5.84. The summed E-state index contributed by atoms with van der Waals surface area (Å²) in [6, 6.07) is 9.89. The molecule has 0 unspecified atom stereocenters. The van der Waals surface area contributed by atoms with Crippen LogP contribution in [0, 0.1) is 5.82 Å². The molecule has 4 rings (SSSR count). The number of imide groups is 1. The molecule has 1 aliphatic heterocycles. The number of carbonyl (C=O) groups excluding carboxylic acids is 2. The molecular formula is C18H13ClFN3O2. The lowest BCUT2D eigenvalue weighted by Crippen LogP contribution is -2.32. The first-order valence-corrected chi connectivity index (χ1v) is 8.07. The number of benzene rings is 2. The van der Waals surface area contributed by atoms with E-state index in [-0.39, 0.29) is 11.7 Å². The fraction of sp³-hybridized carbons (Fsp3) is 0.111. The van der Waals surface area contributed by atoms with Crippen LogP contribution in [0.1, 0.15) is 5.56 Å². The van der Waals surface area contributed by atoms with Crippen molar-refractivity contribution in [3.8, 4) is 0 Å². The van der Waals surface area contributed by atoms with Crippen LogP contribution < -0.4 is 10.2 Å². The molecule has 1 fully saturated rings. The van der Waals surface area contributed by atoms with Crippen LogP contribution in [0.4, 0.5) is 14.9 Å². The molecule has 0 bridgehead atoms. The quantitative estimate of drug-likeness (QED) is 0.703. The number of nitrogens with zero attached hydrogens (tertiary/aromatic N) is 1. The lowest BCUT2D eigenvalue weighted by molar-refractivity contribution is -0.118. The van der Waals surface area contributed by atoms with Gasteiger partial charge in [-0.2, -0.15) is 0 Å². The van der Waals surface area contributed by atoms with Gasteiger partial charge in [0.2, 0.25) is 0 Å². The number of rotatable bonds is 3. The molecule has 2 heterocycles. The third kappa shape index (κ3) is 2.64. The van der Waals surface area contributed by atoms with Crippen molar-refractivity contribution in [2.75, 3.05) is 4.90 Å². The molecule has 0 saturated carbocycles. The zero-order chi connectivity index (χ0) is 17.6. The minimum absolute atomic E-state index is 0.303. The van der Waals surface area contributed by atoms with Crippen molar-refractivity contribution in [2.45, 2.75) is 12.5 Å². The van der Waals surface area contributed by atoms with E-state index in [2.05, 4.69) is 10.3 Å². The maximum Gasteiger partial charge on any atom is 0.329 e. The van der Waals surface area contributed by atoms with Gasteiger partial charge in [0.15, 0.2) is 0 Å². The second kappa shape index (κ2) is 5.89. The number of anilines is 1. The molecule has 2 aromatic carbocycles. The molecule has 126 valence electrons. The van der Waals surface area contributed by atoms with Crippen molar-refractivity contribution in [2.24, 2.45) is 0 Å². The maximum absolute atomic E-state index is 13.3. The van der Waals surface area contributed by atoms with Gasteiger partial charge in [0.05, 0.1) is 10.7 Å². The van der Waals surface area contributed by atoms with Crippen LogP contribution in [0.25, 0.3) is 10.9 Å². The highest BCUT2D eigenvalue weighted by Crippen LogP contribution is 2.29. The highest BCUT2D eigenvalue weighted by Gasteiger charge is 2.40. The smallest absolute Gasteiger partial charge is 0.329 e. The molecule has 2 N–H and O–H groups in total. The van der Waals surface area contributed by atoms with Gasteiger partial charge in [-0.3, -0.25) is 4.79 Å². The van der Waals surface area contributed by atoms with Gasteiger partial charge in [-0.15, -0.1) is 0 Å². The van der Waals surface area contributed by atoms with Crippen LogP contribution in [-0.2, 0) is 11.2 Å². The molecule has 1 atom stereocenters. The number of aromatic nitrogens is 1. The van der Waals surface area contributed by atoms with Crippen molar-refractivity contribution < 1.29 is 14.0 Å². The Bertz CT molecular complexity index is 1000. The minimum atomic E-state index is -0.701. The number of para-hydroxylation sites is 1. The largest absolute Gasteiger partial charge is 0.361 e. The van der Waals surface area contributed by atoms with E-state index in [0.29, 0.717) is 22.6 Å². The zero-order valence-electron chi connectivity index (χ0n) is 12.9. The molecule has 25 heavy (non-hydrogen) atoms. The standard InChI is InChI=1S/C18H13ClFN3O2/c19-13-3-1-2-4-16(13)23-17(24)15(22-18(23)25)7-10-9-21-14-8-11(20)5-6-12(10)14/h1-6,8-9,15,21H,7H2,(H,22,25)/t15-/m1/s1. The van der Waals surface area contributed by atoms with Crippen LogP contribution in [0.15, 0.2) is 48.7 Å². The summed E-state index contributed by atoms with van der Waals surface area (Å²) in [5.41, 5.74) is 1.83. The Morgan fingerprint density at radius 1 is 1.16 bits per heavy atom. The molecule has 1 saturated heterocycles. The Morgan fingerprint density at radius 2 is 1.96 bits per heavy atom. The van der Waals surface area contributed by atoms with E-state index in [4.69, 9.17) is 11.6 Å². The molecule has 3 amide bonds. The monoisotopic (exact) mass is 357 g/mol. The fourth-order valence-electron chi connectivity index (χ4n) is 3.08. The summed E-state index contributed by atoms with van der Waals surface area (Å²) in [5, 5.41) is 3.83. The third-order valence-corrected chi connectivity index (χ3v) is 4.59. The number of hydrogen-bond donors (Lipinski definition) is 2. The predicted molar refractivity (Wildman–Crippen MR) is 93.2 cm³/mol. The normalized spacial score (nSPS) is 17.4. The molecular weight excluding hydrogens is 345 g/mol. The Hall–Kier alpha value is -2.86. The summed E-state index contributed by atoms with van der Waals surface area (Å²) >= 11 is 6.10. The van der Waals surface area contributed by atoms with Gasteiger partial charge in [0.1, 0.15) is 11.9 Å². The number of nitrogens with one attached hydrogen (secondary N) is 2. The first kappa shape index (κ1) is 15.7. The van der Waals surface area contributed by atoms with Crippen LogP contribution in [0.2, 0.25) is 5.02 Å². The van der Waals surface area contributed by atoms with E-state index in [1.54, 1.807) is 36.5 Å². The van der Waals surface area contributed by atoms with E-state index in [9.17, 15) is 14.0 Å². The Labute approximate surface area is 147 Å². The topological polar surface area (TPSA) is 65.2 Å². The number of fused-ring (bicyclic) bond motifs is 1. The first-order chi connectivity index (χ1) is 12.0. The van der Waals surface area contributed by atoms with Gasteiger partial charge in [0, 0.05) is 23.5 Å². The Morgan fingerprint density at radius 3 is 2.76 bits per heavy atom. The summed E-state index contributed by atoms with van der Waals surface area (Å²) in [6.45, 7) is 0. The van der Waals surface area contributed by atoms with Crippen molar-refractivity contribution in [3.63, 3.8) is 0 Å². The van der Waals surface area contributed by atoms with Crippen LogP contribution in [0.5, 0.6) is 0 Å². The van der Waals surface area contributed by atoms with Crippen molar-refractivity contribution in [1.82, 2.24) is 10.3 Å². The van der Waals surface area contributed by atoms with E-state index in [1.807, 2.05) is 0 Å². The first-order valence-electron chi connectivity index (χ1n) is 7.69. The van der Waals surface area contributed by atoms with E-state index in [1.165, 1.54) is 12.1 Å². The molecule has 7 heteroatoms. The van der Waals surface area contributed by atoms with E-state index in [0.717, 1.165) is 15.8 Å². The summed E-state index contributed by atoms with van der Waals surface area (Å²) in [5.74, 6) is -0.703. The van der Waals surface area contributed by atoms with Gasteiger partial charge < -0.3 is 10.3 Å². The summed E-state index contributed by atoms with van der Waals surface area (Å²) in [6.07, 6.45) is 2.03. The predicted octanol–water partition coefficient (Wildman–Crippen LogP) is 3.63. The van der Waals surface area contributed by atoms with Gasteiger partial charge in [-0.25, -0.2) is 14.1 Å². The SMILES string of the molecule is O=C1N[C@H](Cc2c[nH]c3cc(F)ccc23)C(=O)N1c1ccccc1Cl. The van der Waals surface area contributed by atoms with Gasteiger partial charge in [0.25, 0.3) is 5.91 Å². The molecule has 0 aliphatic carbocycles. The van der Waals surface area contributed by atoms with Crippen molar-refractivity contribution in [1.29, 1.82) is 0 Å². The lowest BCUT2D eigenvalue weighted by atomic mass is 10.0. The zero-order valence-corrected chi connectivity index (χ0v) is 13.7. The third-order valence-electron chi connectivity index (χ3n) is 4.27. The number of H-pyrrole nitrogens is 1. The highest BCUT2D eigenvalue weighted by atomic mass is 35.5. The molecule has 0 spiro atoms. The fourth-order valence-corrected chi connectivity index (χ4v) is 3.30. The van der Waals surface area contributed by atoms with Crippen molar-refractivity contribution in [3.05, 3.63) is 65.1 Å². The Balaban J connectivity index is 1.63.